The van der Waals surface area contributed by atoms with Crippen molar-refractivity contribution in [2.75, 3.05) is 0 Å². The molecule has 1 aromatic rings. The fraction of sp³-hybridized carbons (Fsp3) is 0.250. The lowest BCUT2D eigenvalue weighted by Gasteiger charge is -2.01. The Morgan fingerprint density at radius 3 is 2.00 bits per heavy atom. The van der Waals surface area contributed by atoms with Crippen molar-refractivity contribution in [1.82, 2.24) is 0 Å². The molecule has 2 heteroatoms. The van der Waals surface area contributed by atoms with Crippen molar-refractivity contribution in [2.45, 2.75) is 12.6 Å². The summed E-state index contributed by atoms with van der Waals surface area (Å²) in [5, 5.41) is 0. The zero-order valence-electron chi connectivity index (χ0n) is 5.95. The topological polar surface area (TPSA) is 0 Å². The van der Waals surface area contributed by atoms with E-state index >= 15 is 0 Å². The summed E-state index contributed by atoms with van der Waals surface area (Å²) >= 11 is 0. The zero-order valence-corrected chi connectivity index (χ0v) is 9.43. The Balaban J connectivity index is 0.000000810. The monoisotopic (exact) mass is 266 g/mol. The van der Waals surface area contributed by atoms with E-state index in [9.17, 15) is 0 Å². The molecular weight excluding hydrogens is 254 g/mol. The van der Waals surface area contributed by atoms with Crippen LogP contribution < -0.4 is 0 Å². The summed E-state index contributed by atoms with van der Waals surface area (Å²) in [5.41, 5.74) is 1.95. The third-order valence-corrected chi connectivity index (χ3v) is 1.71. The first-order valence-electron chi connectivity index (χ1n) is 3.11. The van der Waals surface area contributed by atoms with E-state index < -0.39 is 0 Å². The highest BCUT2D eigenvalue weighted by Crippen LogP contribution is 2.20. The number of hydrogen-bond donors (Lipinski definition) is 0. The molecule has 0 amide bonds. The minimum atomic E-state index is 0. The summed E-state index contributed by atoms with van der Waals surface area (Å²) in [6.07, 6.45) is 0. The Morgan fingerprint density at radius 1 is 1.20 bits per heavy atom. The first kappa shape index (κ1) is 10.4. The molecule has 0 aromatic heterocycles. The van der Waals surface area contributed by atoms with Crippen LogP contribution in [0, 0.1) is 0 Å². The van der Waals surface area contributed by atoms with Crippen LogP contribution in [-0.2, 0) is 0 Å². The Morgan fingerprint density at radius 2 is 1.70 bits per heavy atom. The largest absolute Gasteiger partial charge is 0.130 e. The van der Waals surface area contributed by atoms with Gasteiger partial charge in [0.05, 0.1) is 0 Å². The van der Waals surface area contributed by atoms with Crippen LogP contribution >= 0.6 is 33.2 Å². The maximum absolute atomic E-state index is 2.77. The quantitative estimate of drug-likeness (QED) is 0.540. The molecular formula is C8H12IP. The molecule has 0 spiro atoms. The Hall–Kier alpha value is 0.380. The summed E-state index contributed by atoms with van der Waals surface area (Å²) in [6, 6.07) is 10.4. The third-order valence-electron chi connectivity index (χ3n) is 1.33. The predicted molar refractivity (Wildman–Crippen MR) is 60.0 cm³/mol. The normalized spacial score (nSPS) is 11.8. The van der Waals surface area contributed by atoms with Crippen LogP contribution in [0.4, 0.5) is 0 Å². The number of halogens is 1. The van der Waals surface area contributed by atoms with Crippen molar-refractivity contribution < 1.29 is 0 Å². The average Bonchev–Trinajstić information content (AvgIpc) is 1.90. The molecule has 1 aromatic carbocycles. The highest BCUT2D eigenvalue weighted by Gasteiger charge is 1.93. The lowest BCUT2D eigenvalue weighted by molar-refractivity contribution is 1.10. The van der Waals surface area contributed by atoms with Gasteiger partial charge in [-0.3, -0.25) is 0 Å². The molecule has 2 atom stereocenters. The second-order valence-corrected chi connectivity index (χ2v) is 3.20. The third kappa shape index (κ3) is 2.98. The summed E-state index contributed by atoms with van der Waals surface area (Å²) in [4.78, 5) is 0. The molecule has 0 radical (unpaired) electrons. The molecule has 0 bridgehead atoms. The van der Waals surface area contributed by atoms with Gasteiger partial charge in [0.1, 0.15) is 0 Å². The van der Waals surface area contributed by atoms with Crippen LogP contribution in [0.1, 0.15) is 18.1 Å². The molecule has 0 fully saturated rings. The van der Waals surface area contributed by atoms with Crippen LogP contribution in [0.5, 0.6) is 0 Å². The maximum Gasteiger partial charge on any atom is -0.00428 e. The van der Waals surface area contributed by atoms with Gasteiger partial charge in [0.25, 0.3) is 0 Å². The van der Waals surface area contributed by atoms with E-state index in [2.05, 4.69) is 40.4 Å². The smallest absolute Gasteiger partial charge is 0.00428 e. The van der Waals surface area contributed by atoms with Crippen LogP contribution in [0.25, 0.3) is 0 Å². The van der Waals surface area contributed by atoms with Crippen LogP contribution in [0.2, 0.25) is 0 Å². The van der Waals surface area contributed by atoms with Crippen LogP contribution in [-0.4, -0.2) is 0 Å². The second-order valence-electron chi connectivity index (χ2n) is 2.20. The molecule has 0 aliphatic rings. The summed E-state index contributed by atoms with van der Waals surface area (Å²) < 4.78 is 0. The van der Waals surface area contributed by atoms with Crippen molar-refractivity contribution in [3.63, 3.8) is 0 Å². The molecule has 0 aliphatic heterocycles. The van der Waals surface area contributed by atoms with E-state index in [0.717, 1.165) is 0 Å². The molecule has 0 N–H and O–H groups in total. The number of rotatable bonds is 1. The van der Waals surface area contributed by atoms with Crippen molar-refractivity contribution in [1.29, 1.82) is 0 Å². The van der Waals surface area contributed by atoms with Crippen LogP contribution in [0.15, 0.2) is 30.3 Å². The van der Waals surface area contributed by atoms with Gasteiger partial charge in [0.2, 0.25) is 0 Å². The SMILES string of the molecule is CC(P)c1ccccc1.I. The van der Waals surface area contributed by atoms with E-state index in [1.54, 1.807) is 0 Å². The molecule has 0 heterocycles. The van der Waals surface area contributed by atoms with E-state index in [4.69, 9.17) is 0 Å². The van der Waals surface area contributed by atoms with Crippen molar-refractivity contribution in [2.24, 2.45) is 0 Å². The standard InChI is InChI=1S/C8H11P.HI/c1-7(9)8-5-3-2-4-6-8;/h2-7H,9H2,1H3;1H. The minimum absolute atomic E-state index is 0. The molecule has 0 nitrogen and oxygen atoms in total. The maximum atomic E-state index is 2.77. The highest BCUT2D eigenvalue weighted by molar-refractivity contribution is 14.0. The summed E-state index contributed by atoms with van der Waals surface area (Å²) in [5.74, 6) is 0. The minimum Gasteiger partial charge on any atom is -0.130 e. The van der Waals surface area contributed by atoms with Gasteiger partial charge >= 0.3 is 0 Å². The van der Waals surface area contributed by atoms with Gasteiger partial charge in [-0.25, -0.2) is 0 Å². The van der Waals surface area contributed by atoms with Crippen LogP contribution in [0.3, 0.4) is 0 Å². The van der Waals surface area contributed by atoms with E-state index in [-0.39, 0.29) is 24.0 Å². The Labute approximate surface area is 81.6 Å². The second kappa shape index (κ2) is 5.09. The van der Waals surface area contributed by atoms with Gasteiger partial charge in [0, 0.05) is 0 Å². The molecule has 0 saturated heterocycles. The van der Waals surface area contributed by atoms with Gasteiger partial charge in [-0.15, -0.1) is 33.2 Å². The van der Waals surface area contributed by atoms with Gasteiger partial charge in [-0.1, -0.05) is 37.3 Å². The van der Waals surface area contributed by atoms with Gasteiger partial charge in [-0.05, 0) is 11.2 Å². The number of hydrogen-bond acceptors (Lipinski definition) is 0. The zero-order chi connectivity index (χ0) is 6.69. The lowest BCUT2D eigenvalue weighted by atomic mass is 10.2. The summed E-state index contributed by atoms with van der Waals surface area (Å²) in [7, 11) is 2.77. The van der Waals surface area contributed by atoms with Gasteiger partial charge in [0.15, 0.2) is 0 Å². The lowest BCUT2D eigenvalue weighted by Crippen LogP contribution is -1.79. The summed E-state index contributed by atoms with van der Waals surface area (Å²) in [6.45, 7) is 2.17. The molecule has 0 saturated carbocycles. The Kier molecular flexibility index (Phi) is 5.28. The highest BCUT2D eigenvalue weighted by atomic mass is 127. The predicted octanol–water partition coefficient (Wildman–Crippen LogP) is 3.24. The molecule has 10 heavy (non-hydrogen) atoms. The van der Waals surface area contributed by atoms with Gasteiger partial charge in [-0.2, -0.15) is 0 Å². The molecule has 1 rings (SSSR count). The van der Waals surface area contributed by atoms with E-state index in [0.29, 0.717) is 5.66 Å². The number of benzene rings is 1. The van der Waals surface area contributed by atoms with E-state index in [1.165, 1.54) is 5.56 Å². The van der Waals surface area contributed by atoms with Crippen molar-refractivity contribution >= 4 is 33.2 Å². The fourth-order valence-electron chi connectivity index (χ4n) is 0.757. The molecule has 2 unspecified atom stereocenters. The van der Waals surface area contributed by atoms with Gasteiger partial charge < -0.3 is 0 Å². The molecule has 0 aliphatic carbocycles. The first-order chi connectivity index (χ1) is 4.30. The Bertz CT molecular complexity index is 172. The average molecular weight is 266 g/mol. The van der Waals surface area contributed by atoms with E-state index in [1.807, 2.05) is 6.07 Å². The fourth-order valence-corrected chi connectivity index (χ4v) is 0.979. The first-order valence-corrected chi connectivity index (χ1v) is 3.78. The van der Waals surface area contributed by atoms with Crippen molar-refractivity contribution in [3.05, 3.63) is 35.9 Å². The molecule has 56 valence electrons. The van der Waals surface area contributed by atoms with Crippen molar-refractivity contribution in [3.8, 4) is 0 Å².